The fourth-order valence-corrected chi connectivity index (χ4v) is 4.42. The Morgan fingerprint density at radius 2 is 1.75 bits per heavy atom. The Kier molecular flexibility index (Phi) is 6.85. The zero-order valence-corrected chi connectivity index (χ0v) is 19.6. The lowest BCUT2D eigenvalue weighted by molar-refractivity contribution is 0.309. The summed E-state index contributed by atoms with van der Waals surface area (Å²) in [6.45, 7) is 9.08. The first-order valence-electron chi connectivity index (χ1n) is 11.1. The Balaban J connectivity index is 1.56. The summed E-state index contributed by atoms with van der Waals surface area (Å²) in [4.78, 5) is 20.3. The first-order chi connectivity index (χ1) is 15.6. The summed E-state index contributed by atoms with van der Waals surface area (Å²) in [5.41, 5.74) is 2.89. The molecule has 4 aromatic rings. The molecule has 2 aromatic heterocycles. The topological polar surface area (TPSA) is 59.7 Å². The molecule has 2 aromatic carbocycles. The molecule has 6 nitrogen and oxygen atoms in total. The summed E-state index contributed by atoms with van der Waals surface area (Å²) < 4.78 is 7.72. The molecule has 0 fully saturated rings. The molecule has 0 spiro atoms. The fraction of sp³-hybridized carbons (Fsp3) is 0.320. The summed E-state index contributed by atoms with van der Waals surface area (Å²) in [6.07, 6.45) is 4.04. The van der Waals surface area contributed by atoms with E-state index in [0.717, 1.165) is 42.8 Å². The molecule has 0 radical (unpaired) electrons. The summed E-state index contributed by atoms with van der Waals surface area (Å²) in [5, 5.41) is 4.45. The predicted octanol–water partition coefficient (Wildman–Crippen LogP) is 4.39. The van der Waals surface area contributed by atoms with Crippen molar-refractivity contribution in [3.63, 3.8) is 0 Å². The van der Waals surface area contributed by atoms with Crippen LogP contribution in [0.2, 0.25) is 0 Å². The van der Waals surface area contributed by atoms with Crippen LogP contribution >= 0.6 is 11.3 Å². The van der Waals surface area contributed by atoms with Gasteiger partial charge in [0.25, 0.3) is 5.56 Å². The molecule has 0 saturated carbocycles. The molecule has 4 rings (SSSR count). The molecule has 0 aliphatic rings. The van der Waals surface area contributed by atoms with Crippen LogP contribution in [0.15, 0.2) is 53.3 Å². The van der Waals surface area contributed by atoms with E-state index in [2.05, 4.69) is 47.9 Å². The van der Waals surface area contributed by atoms with Gasteiger partial charge in [0.1, 0.15) is 5.75 Å². The monoisotopic (exact) mass is 448 g/mol. The second-order valence-corrected chi connectivity index (χ2v) is 8.54. The van der Waals surface area contributed by atoms with Crippen molar-refractivity contribution in [2.24, 2.45) is 0 Å². The van der Waals surface area contributed by atoms with Crippen LogP contribution in [0.4, 0.5) is 5.69 Å². The van der Waals surface area contributed by atoms with Gasteiger partial charge in [-0.05, 0) is 68.3 Å². The van der Waals surface area contributed by atoms with Gasteiger partial charge in [-0.25, -0.2) is 0 Å². The van der Waals surface area contributed by atoms with Crippen LogP contribution in [0.1, 0.15) is 39.2 Å². The van der Waals surface area contributed by atoms with Gasteiger partial charge in [0, 0.05) is 24.3 Å². The minimum atomic E-state index is -0.143. The molecule has 0 atom stereocenters. The molecule has 166 valence electrons. The first-order valence-corrected chi connectivity index (χ1v) is 11.9. The second kappa shape index (κ2) is 9.96. The quantitative estimate of drug-likeness (QED) is 0.356. The third kappa shape index (κ3) is 4.67. The van der Waals surface area contributed by atoms with E-state index in [0.29, 0.717) is 21.9 Å². The fourth-order valence-electron chi connectivity index (χ4n) is 3.51. The van der Waals surface area contributed by atoms with Crippen molar-refractivity contribution in [2.75, 3.05) is 24.6 Å². The van der Waals surface area contributed by atoms with Crippen molar-refractivity contribution < 1.29 is 4.74 Å². The molecule has 7 heteroatoms. The van der Waals surface area contributed by atoms with Gasteiger partial charge in [-0.2, -0.15) is 9.50 Å². The minimum absolute atomic E-state index is 0.143. The van der Waals surface area contributed by atoms with Crippen LogP contribution in [-0.2, 0) is 0 Å². The van der Waals surface area contributed by atoms with Crippen LogP contribution in [-0.4, -0.2) is 34.3 Å². The van der Waals surface area contributed by atoms with Gasteiger partial charge >= 0.3 is 0 Å². The predicted molar refractivity (Wildman–Crippen MR) is 132 cm³/mol. The number of nitrogens with zero attached hydrogens (tertiary/aromatic N) is 4. The maximum absolute atomic E-state index is 12.9. The Labute approximate surface area is 191 Å². The van der Waals surface area contributed by atoms with E-state index < -0.39 is 0 Å². The van der Waals surface area contributed by atoms with Crippen molar-refractivity contribution in [1.29, 1.82) is 0 Å². The molecule has 0 bridgehead atoms. The van der Waals surface area contributed by atoms with Crippen LogP contribution in [0, 0.1) is 0 Å². The SMILES string of the molecule is CCCCOc1ccc(-c2nc3sc(=Cc4ccc(N(CC)CC)cc4)c(=O)n3n2)cc1. The van der Waals surface area contributed by atoms with Crippen LogP contribution in [0.5, 0.6) is 5.75 Å². The van der Waals surface area contributed by atoms with Crippen molar-refractivity contribution in [2.45, 2.75) is 33.6 Å². The second-order valence-electron chi connectivity index (χ2n) is 7.54. The Morgan fingerprint density at radius 1 is 1.03 bits per heavy atom. The van der Waals surface area contributed by atoms with E-state index in [1.807, 2.05) is 42.5 Å². The first kappa shape index (κ1) is 22.0. The van der Waals surface area contributed by atoms with E-state index in [4.69, 9.17) is 4.74 Å². The van der Waals surface area contributed by atoms with E-state index >= 15 is 0 Å². The number of unbranched alkanes of at least 4 members (excludes halogenated alkanes) is 1. The van der Waals surface area contributed by atoms with Crippen molar-refractivity contribution >= 4 is 28.1 Å². The zero-order valence-electron chi connectivity index (χ0n) is 18.7. The lowest BCUT2D eigenvalue weighted by Crippen LogP contribution is -2.23. The molecule has 2 heterocycles. The molecule has 0 aliphatic heterocycles. The number of hydrogen-bond donors (Lipinski definition) is 0. The van der Waals surface area contributed by atoms with E-state index in [9.17, 15) is 4.79 Å². The summed E-state index contributed by atoms with van der Waals surface area (Å²) in [5.74, 6) is 1.38. The standard InChI is InChI=1S/C25H28N4O2S/c1-4-7-16-31-21-14-10-19(11-15-21)23-26-25-29(27-23)24(30)22(32-25)17-18-8-12-20(13-9-18)28(5-2)6-3/h8-15,17H,4-7,16H2,1-3H3. The average Bonchev–Trinajstić information content (AvgIpc) is 3.36. The third-order valence-electron chi connectivity index (χ3n) is 5.38. The number of thiazole rings is 1. The highest BCUT2D eigenvalue weighted by Gasteiger charge is 2.12. The lowest BCUT2D eigenvalue weighted by Gasteiger charge is -2.20. The Bertz CT molecular complexity index is 1270. The smallest absolute Gasteiger partial charge is 0.291 e. The number of aromatic nitrogens is 3. The molecule has 0 saturated heterocycles. The van der Waals surface area contributed by atoms with Gasteiger partial charge in [-0.3, -0.25) is 4.79 Å². The van der Waals surface area contributed by atoms with Crippen LogP contribution < -0.4 is 19.7 Å². The van der Waals surface area contributed by atoms with Crippen molar-refractivity contribution in [3.05, 3.63) is 69.0 Å². The molecular weight excluding hydrogens is 420 g/mol. The normalized spacial score (nSPS) is 11.9. The van der Waals surface area contributed by atoms with Gasteiger partial charge in [-0.15, -0.1) is 5.10 Å². The molecule has 0 unspecified atom stereocenters. The van der Waals surface area contributed by atoms with Gasteiger partial charge in [0.15, 0.2) is 5.82 Å². The molecule has 0 aliphatic carbocycles. The Morgan fingerprint density at radius 3 is 2.38 bits per heavy atom. The summed E-state index contributed by atoms with van der Waals surface area (Å²) in [7, 11) is 0. The van der Waals surface area contributed by atoms with Crippen LogP contribution in [0.25, 0.3) is 22.4 Å². The number of ether oxygens (including phenoxy) is 1. The molecule has 0 amide bonds. The minimum Gasteiger partial charge on any atom is -0.494 e. The highest BCUT2D eigenvalue weighted by molar-refractivity contribution is 7.15. The van der Waals surface area contributed by atoms with E-state index in [-0.39, 0.29) is 5.56 Å². The van der Waals surface area contributed by atoms with Gasteiger partial charge in [0.05, 0.1) is 11.1 Å². The van der Waals surface area contributed by atoms with E-state index in [1.165, 1.54) is 21.5 Å². The van der Waals surface area contributed by atoms with Crippen LogP contribution in [0.3, 0.4) is 0 Å². The highest BCUT2D eigenvalue weighted by Crippen LogP contribution is 2.21. The van der Waals surface area contributed by atoms with Gasteiger partial charge < -0.3 is 9.64 Å². The summed E-state index contributed by atoms with van der Waals surface area (Å²) >= 11 is 1.36. The number of rotatable bonds is 9. The molecular formula is C25H28N4O2S. The lowest BCUT2D eigenvalue weighted by atomic mass is 10.2. The van der Waals surface area contributed by atoms with Crippen molar-refractivity contribution in [3.8, 4) is 17.1 Å². The van der Waals surface area contributed by atoms with Gasteiger partial charge in [-0.1, -0.05) is 36.8 Å². The molecule has 0 N–H and O–H groups in total. The average molecular weight is 449 g/mol. The maximum atomic E-state index is 12.9. The highest BCUT2D eigenvalue weighted by atomic mass is 32.1. The largest absolute Gasteiger partial charge is 0.494 e. The number of fused-ring (bicyclic) bond motifs is 1. The summed E-state index contributed by atoms with van der Waals surface area (Å²) in [6, 6.07) is 15.9. The van der Waals surface area contributed by atoms with E-state index in [1.54, 1.807) is 0 Å². The zero-order chi connectivity index (χ0) is 22.5. The maximum Gasteiger partial charge on any atom is 0.291 e. The third-order valence-corrected chi connectivity index (χ3v) is 6.34. The molecule has 32 heavy (non-hydrogen) atoms. The van der Waals surface area contributed by atoms with Crippen molar-refractivity contribution in [1.82, 2.24) is 14.6 Å². The van der Waals surface area contributed by atoms with Gasteiger partial charge in [0.2, 0.25) is 4.96 Å². The number of hydrogen-bond acceptors (Lipinski definition) is 6. The Hall–Kier alpha value is -3.19. The number of anilines is 1. The number of benzene rings is 2.